The number of carbonyl (C=O) groups excluding carboxylic acids is 2. The lowest BCUT2D eigenvalue weighted by molar-refractivity contribution is -0.153. The highest BCUT2D eigenvalue weighted by molar-refractivity contribution is 7.99. The van der Waals surface area contributed by atoms with Crippen LogP contribution in [0.5, 0.6) is 28.7 Å². The Bertz CT molecular complexity index is 1690. The number of piperazine rings is 1. The number of nitriles is 1. The molecule has 12 nitrogen and oxygen atoms in total. The van der Waals surface area contributed by atoms with Gasteiger partial charge in [-0.05, 0) is 38.4 Å². The molecule has 0 N–H and O–H groups in total. The van der Waals surface area contributed by atoms with Crippen molar-refractivity contribution in [2.45, 2.75) is 69.6 Å². The highest BCUT2D eigenvalue weighted by Gasteiger charge is 2.60. The lowest BCUT2D eigenvalue weighted by atomic mass is 9.71. The van der Waals surface area contributed by atoms with Gasteiger partial charge in [0.1, 0.15) is 18.4 Å². The first-order chi connectivity index (χ1) is 22.6. The number of aryl methyl sites for hydroxylation is 1. The molecule has 2 aromatic carbocycles. The number of likely N-dealkylation sites (N-methyl/N-ethyl adjacent to an activating group) is 1. The van der Waals surface area contributed by atoms with Crippen molar-refractivity contribution in [1.29, 1.82) is 5.26 Å². The van der Waals surface area contributed by atoms with Crippen molar-refractivity contribution in [3.05, 3.63) is 39.4 Å². The Morgan fingerprint density at radius 2 is 1.87 bits per heavy atom. The minimum Gasteiger partial charge on any atom is -0.493 e. The quantitative estimate of drug-likeness (QED) is 0.258. The van der Waals surface area contributed by atoms with Crippen LogP contribution in [0, 0.1) is 31.1 Å². The van der Waals surface area contributed by atoms with E-state index in [4.69, 9.17) is 33.2 Å². The molecule has 5 aliphatic rings. The summed E-state index contributed by atoms with van der Waals surface area (Å²) in [5.74, 6) is 1.99. The largest absolute Gasteiger partial charge is 0.493 e. The Hall–Kier alpha value is -3.70. The number of hydrogen-bond donors (Lipinski definition) is 0. The minimum atomic E-state index is -0.591. The van der Waals surface area contributed by atoms with E-state index >= 15 is 0 Å². The third-order valence-electron chi connectivity index (χ3n) is 10.2. The van der Waals surface area contributed by atoms with Crippen LogP contribution in [0.15, 0.2) is 6.07 Å². The van der Waals surface area contributed by atoms with E-state index in [2.05, 4.69) is 29.0 Å². The number of benzene rings is 2. The second kappa shape index (κ2) is 12.1. The molecule has 2 unspecified atom stereocenters. The number of thioether (sulfide) groups is 1. The normalized spacial score (nSPS) is 29.1. The van der Waals surface area contributed by atoms with Crippen molar-refractivity contribution in [1.82, 2.24) is 9.80 Å². The maximum Gasteiger partial charge on any atom is 0.309 e. The third kappa shape index (κ3) is 4.75. The summed E-state index contributed by atoms with van der Waals surface area (Å²) in [4.78, 5) is 30.4. The van der Waals surface area contributed by atoms with Crippen molar-refractivity contribution in [2.75, 3.05) is 47.2 Å². The molecule has 250 valence electrons. The first-order valence-corrected chi connectivity index (χ1v) is 16.8. The van der Waals surface area contributed by atoms with Gasteiger partial charge in [-0.3, -0.25) is 19.4 Å². The minimum absolute atomic E-state index is 0.000691. The first-order valence-electron chi connectivity index (χ1n) is 15.8. The number of methoxy groups -OCH3 is 2. The van der Waals surface area contributed by atoms with Crippen LogP contribution in [0.3, 0.4) is 0 Å². The van der Waals surface area contributed by atoms with Crippen molar-refractivity contribution < 1.29 is 42.7 Å². The van der Waals surface area contributed by atoms with Gasteiger partial charge < -0.3 is 33.2 Å². The van der Waals surface area contributed by atoms with E-state index in [1.165, 1.54) is 6.92 Å². The predicted molar refractivity (Wildman–Crippen MR) is 170 cm³/mol. The zero-order valence-electron chi connectivity index (χ0n) is 27.6. The summed E-state index contributed by atoms with van der Waals surface area (Å²) in [6.45, 7) is 7.12. The maximum atomic E-state index is 13.2. The fourth-order valence-corrected chi connectivity index (χ4v) is 9.81. The van der Waals surface area contributed by atoms with E-state index in [0.29, 0.717) is 46.5 Å². The highest BCUT2D eigenvalue weighted by atomic mass is 32.2. The van der Waals surface area contributed by atoms with Crippen LogP contribution in [-0.4, -0.2) is 87.1 Å². The molecule has 13 heteroatoms. The molecule has 0 amide bonds. The van der Waals surface area contributed by atoms with E-state index in [0.717, 1.165) is 27.8 Å². The van der Waals surface area contributed by atoms with Crippen molar-refractivity contribution in [3.8, 4) is 34.8 Å². The Morgan fingerprint density at radius 1 is 1.11 bits per heavy atom. The standard InChI is InChI=1S/C34H39N3O9S/c1-15-8-19-9-20-21(10-35)37-22-11-42-34(39)16(2)12-47-33(25-24(22)32-30(44-14-45-32)17(3)29(25)46-18(4)38)27(37)26(36(20)5)23(19)31(28(15)41-7)43-13-40-6/h8,16,20-22,26-27,33H,9,11-14H2,1-7H3/t16?,20-,21+,22-,26+,27?,33-/m1/s1. The summed E-state index contributed by atoms with van der Waals surface area (Å²) in [6.07, 6.45) is 0.594. The van der Waals surface area contributed by atoms with E-state index in [-0.39, 0.29) is 55.5 Å². The zero-order chi connectivity index (χ0) is 33.3. The Balaban J connectivity index is 1.56. The number of cyclic esters (lactones) is 1. The summed E-state index contributed by atoms with van der Waals surface area (Å²) in [6, 6.07) is 2.80. The SMILES string of the molecule is COCOc1c(OC)c(C)cc2c1[C@H]1C3[C@@H]4SCC(C)C(=O)OC[C@H](c5c6c(c(C)c(OC(C)=O)c54)OCO6)N3[C@@H](C#N)[C@@H](C2)N1C. The Labute approximate surface area is 278 Å². The van der Waals surface area contributed by atoms with Gasteiger partial charge in [0.15, 0.2) is 29.8 Å². The number of fused-ring (bicyclic) bond motifs is 9. The molecule has 2 aromatic rings. The summed E-state index contributed by atoms with van der Waals surface area (Å²) in [5.41, 5.74) is 5.18. The van der Waals surface area contributed by atoms with Gasteiger partial charge in [-0.1, -0.05) is 13.0 Å². The number of esters is 2. The molecule has 7 atom stereocenters. The molecule has 2 fully saturated rings. The van der Waals surface area contributed by atoms with E-state index in [1.807, 2.05) is 20.8 Å². The molecule has 5 aliphatic heterocycles. The summed E-state index contributed by atoms with van der Waals surface area (Å²) in [5, 5.41) is 10.6. The summed E-state index contributed by atoms with van der Waals surface area (Å²) >= 11 is 1.60. The summed E-state index contributed by atoms with van der Waals surface area (Å²) < 4.78 is 41.8. The number of rotatable bonds is 5. The van der Waals surface area contributed by atoms with Crippen LogP contribution >= 0.6 is 11.8 Å². The van der Waals surface area contributed by atoms with Crippen molar-refractivity contribution in [2.24, 2.45) is 5.92 Å². The van der Waals surface area contributed by atoms with Crippen molar-refractivity contribution in [3.63, 3.8) is 0 Å². The van der Waals surface area contributed by atoms with Gasteiger partial charge in [-0.15, -0.1) is 0 Å². The molecule has 5 heterocycles. The van der Waals surface area contributed by atoms with Gasteiger partial charge in [-0.25, -0.2) is 0 Å². The fraction of sp³-hybridized carbons (Fsp3) is 0.559. The molecule has 0 radical (unpaired) electrons. The van der Waals surface area contributed by atoms with Crippen LogP contribution < -0.4 is 23.7 Å². The van der Waals surface area contributed by atoms with Crippen LogP contribution in [0.25, 0.3) is 0 Å². The molecular weight excluding hydrogens is 626 g/mol. The second-order valence-corrected chi connectivity index (χ2v) is 14.0. The predicted octanol–water partition coefficient (Wildman–Crippen LogP) is 4.14. The van der Waals surface area contributed by atoms with E-state index in [9.17, 15) is 14.9 Å². The van der Waals surface area contributed by atoms with Gasteiger partial charge in [0, 0.05) is 54.1 Å². The molecular formula is C34H39N3O9S. The average Bonchev–Trinajstić information content (AvgIpc) is 3.53. The number of ether oxygens (including phenoxy) is 7. The average molecular weight is 666 g/mol. The number of nitrogens with zero attached hydrogens (tertiary/aromatic N) is 3. The van der Waals surface area contributed by atoms with E-state index < -0.39 is 18.1 Å². The van der Waals surface area contributed by atoms with E-state index in [1.54, 1.807) is 26.0 Å². The third-order valence-corrected chi connectivity index (χ3v) is 11.7. The highest BCUT2D eigenvalue weighted by Crippen LogP contribution is 2.64. The fourth-order valence-electron chi connectivity index (χ4n) is 8.29. The van der Waals surface area contributed by atoms with Gasteiger partial charge in [0.05, 0.1) is 36.4 Å². The zero-order valence-corrected chi connectivity index (χ0v) is 28.4. The topological polar surface area (TPSA) is 129 Å². The number of hydrogen-bond acceptors (Lipinski definition) is 13. The van der Waals surface area contributed by atoms with Crippen LogP contribution in [0.2, 0.25) is 0 Å². The molecule has 0 aromatic heterocycles. The first kappa shape index (κ1) is 31.9. The molecule has 47 heavy (non-hydrogen) atoms. The van der Waals surface area contributed by atoms with Crippen LogP contribution in [-0.2, 0) is 25.5 Å². The van der Waals surface area contributed by atoms with Gasteiger partial charge in [0.25, 0.3) is 0 Å². The molecule has 0 aliphatic carbocycles. The number of carbonyl (C=O) groups is 2. The van der Waals surface area contributed by atoms with Crippen LogP contribution in [0.4, 0.5) is 0 Å². The Morgan fingerprint density at radius 3 is 2.57 bits per heavy atom. The van der Waals surface area contributed by atoms with Gasteiger partial charge in [0.2, 0.25) is 6.79 Å². The lowest BCUT2D eigenvalue weighted by Gasteiger charge is -2.61. The Kier molecular flexibility index (Phi) is 8.19. The maximum absolute atomic E-state index is 13.2. The second-order valence-electron chi connectivity index (χ2n) is 12.8. The molecule has 7 rings (SSSR count). The molecule has 0 saturated carbocycles. The van der Waals surface area contributed by atoms with Gasteiger partial charge in [-0.2, -0.15) is 17.0 Å². The van der Waals surface area contributed by atoms with Gasteiger partial charge >= 0.3 is 11.9 Å². The van der Waals surface area contributed by atoms with Crippen LogP contribution in [0.1, 0.15) is 64.6 Å². The summed E-state index contributed by atoms with van der Waals surface area (Å²) in [7, 11) is 5.27. The lowest BCUT2D eigenvalue weighted by Crippen LogP contribution is -2.69. The molecule has 2 saturated heterocycles. The molecule has 4 bridgehead atoms. The monoisotopic (exact) mass is 665 g/mol. The van der Waals surface area contributed by atoms with Crippen molar-refractivity contribution >= 4 is 23.7 Å². The molecule has 0 spiro atoms. The smallest absolute Gasteiger partial charge is 0.309 e.